The highest BCUT2D eigenvalue weighted by molar-refractivity contribution is 7.07. The van der Waals surface area contributed by atoms with Crippen LogP contribution in [-0.2, 0) is 9.53 Å². The number of halogens is 1. The monoisotopic (exact) mass is 412 g/mol. The van der Waals surface area contributed by atoms with Gasteiger partial charge in [0.15, 0.2) is 4.80 Å². The summed E-state index contributed by atoms with van der Waals surface area (Å²) in [5.41, 5.74) is 1.78. The average Bonchev–Trinajstić information content (AvgIpc) is 3.30. The van der Waals surface area contributed by atoms with Crippen molar-refractivity contribution >= 4 is 23.4 Å². The maximum atomic E-state index is 13.5. The third-order valence-electron chi connectivity index (χ3n) is 4.54. The van der Waals surface area contributed by atoms with Gasteiger partial charge in [0.25, 0.3) is 5.56 Å². The number of thiazole rings is 1. The van der Waals surface area contributed by atoms with E-state index < -0.39 is 17.8 Å². The smallest absolute Gasteiger partial charge is 0.338 e. The number of aromatic nitrogens is 1. The van der Waals surface area contributed by atoms with Crippen LogP contribution in [0.2, 0.25) is 0 Å². The van der Waals surface area contributed by atoms with Crippen molar-refractivity contribution < 1.29 is 18.3 Å². The molecule has 1 aliphatic rings. The zero-order valence-corrected chi connectivity index (χ0v) is 16.5. The predicted octanol–water partition coefficient (Wildman–Crippen LogP) is 2.53. The number of carbonyl (C=O) groups excluding carboxylic acids is 1. The second-order valence-corrected chi connectivity index (χ2v) is 7.42. The molecule has 1 aliphatic heterocycles. The van der Waals surface area contributed by atoms with E-state index in [0.29, 0.717) is 20.6 Å². The molecular formula is C21H17FN2O4S. The van der Waals surface area contributed by atoms with Gasteiger partial charge < -0.3 is 9.15 Å². The maximum absolute atomic E-state index is 13.5. The van der Waals surface area contributed by atoms with Crippen LogP contribution in [0.4, 0.5) is 4.39 Å². The van der Waals surface area contributed by atoms with Crippen molar-refractivity contribution in [2.75, 3.05) is 6.61 Å². The Morgan fingerprint density at radius 1 is 1.34 bits per heavy atom. The number of hydrogen-bond acceptors (Lipinski definition) is 6. The molecule has 6 nitrogen and oxygen atoms in total. The summed E-state index contributed by atoms with van der Waals surface area (Å²) in [7, 11) is 0. The molecule has 0 radical (unpaired) electrons. The number of furan rings is 1. The van der Waals surface area contributed by atoms with Gasteiger partial charge in [-0.15, -0.1) is 0 Å². The Morgan fingerprint density at radius 3 is 2.76 bits per heavy atom. The van der Waals surface area contributed by atoms with Gasteiger partial charge in [0, 0.05) is 5.56 Å². The third-order valence-corrected chi connectivity index (χ3v) is 5.53. The fourth-order valence-corrected chi connectivity index (χ4v) is 4.31. The average molecular weight is 412 g/mol. The number of hydrogen-bond donors (Lipinski definition) is 0. The normalized spacial score (nSPS) is 16.5. The zero-order valence-electron chi connectivity index (χ0n) is 15.7. The summed E-state index contributed by atoms with van der Waals surface area (Å²) < 4.78 is 25.7. The Labute approximate surface area is 168 Å². The second kappa shape index (κ2) is 7.63. The molecule has 0 aliphatic carbocycles. The molecule has 1 atom stereocenters. The molecule has 1 unspecified atom stereocenters. The van der Waals surface area contributed by atoms with Crippen LogP contribution in [-0.4, -0.2) is 17.1 Å². The van der Waals surface area contributed by atoms with Gasteiger partial charge in [-0.3, -0.25) is 9.36 Å². The molecule has 8 heteroatoms. The Bertz CT molecular complexity index is 1270. The minimum absolute atomic E-state index is 0.191. The molecule has 29 heavy (non-hydrogen) atoms. The number of esters is 1. The van der Waals surface area contributed by atoms with E-state index in [1.54, 1.807) is 38.1 Å². The van der Waals surface area contributed by atoms with E-state index in [4.69, 9.17) is 9.15 Å². The molecule has 148 valence electrons. The Kier molecular flexibility index (Phi) is 5.02. The predicted molar refractivity (Wildman–Crippen MR) is 106 cm³/mol. The van der Waals surface area contributed by atoms with Crippen molar-refractivity contribution in [2.45, 2.75) is 19.9 Å². The summed E-state index contributed by atoms with van der Waals surface area (Å²) in [4.78, 5) is 30.9. The Balaban J connectivity index is 1.97. The van der Waals surface area contributed by atoms with Crippen LogP contribution in [0, 0.1) is 5.82 Å². The van der Waals surface area contributed by atoms with Crippen molar-refractivity contribution in [1.82, 2.24) is 4.57 Å². The van der Waals surface area contributed by atoms with Crippen molar-refractivity contribution in [3.05, 3.63) is 90.8 Å². The van der Waals surface area contributed by atoms with E-state index in [1.807, 2.05) is 0 Å². The van der Waals surface area contributed by atoms with Crippen LogP contribution in [0.5, 0.6) is 0 Å². The fraction of sp³-hybridized carbons (Fsp3) is 0.190. The topological polar surface area (TPSA) is 73.8 Å². The van der Waals surface area contributed by atoms with Crippen LogP contribution < -0.4 is 14.9 Å². The van der Waals surface area contributed by atoms with E-state index in [1.165, 1.54) is 40.6 Å². The van der Waals surface area contributed by atoms with E-state index in [-0.39, 0.29) is 17.7 Å². The number of fused-ring (bicyclic) bond motifs is 1. The van der Waals surface area contributed by atoms with Crippen molar-refractivity contribution in [1.29, 1.82) is 0 Å². The van der Waals surface area contributed by atoms with Crippen molar-refractivity contribution in [3.8, 4) is 0 Å². The molecule has 3 aromatic rings. The fourth-order valence-electron chi connectivity index (χ4n) is 3.26. The number of ether oxygens (including phenoxy) is 1. The Hall–Kier alpha value is -3.26. The first-order chi connectivity index (χ1) is 14.0. The third kappa shape index (κ3) is 3.47. The minimum atomic E-state index is -0.752. The first-order valence-corrected chi connectivity index (χ1v) is 9.78. The molecule has 3 heterocycles. The Morgan fingerprint density at radius 2 is 2.10 bits per heavy atom. The molecule has 0 spiro atoms. The molecule has 0 saturated carbocycles. The summed E-state index contributed by atoms with van der Waals surface area (Å²) in [6.45, 7) is 3.60. The second-order valence-electron chi connectivity index (χ2n) is 6.41. The van der Waals surface area contributed by atoms with Gasteiger partial charge in [-0.25, -0.2) is 14.2 Å². The van der Waals surface area contributed by atoms with Crippen molar-refractivity contribution in [2.24, 2.45) is 4.99 Å². The molecule has 0 N–H and O–H groups in total. The van der Waals surface area contributed by atoms with Gasteiger partial charge in [0.2, 0.25) is 0 Å². The summed E-state index contributed by atoms with van der Waals surface area (Å²) in [5.74, 6) is -0.952. The number of nitrogens with zero attached hydrogens (tertiary/aromatic N) is 2. The van der Waals surface area contributed by atoms with Gasteiger partial charge in [-0.05, 0) is 43.7 Å². The lowest BCUT2D eigenvalue weighted by molar-refractivity contribution is -0.139. The standard InChI is InChI=1S/C21H17FN2O4S/c1-3-28-20(26)17-12(2)23-21-24(18(17)14-4-6-15(22)7-5-14)19(25)16(29-21)10-13-8-9-27-11-13/h4-11,18H,3H2,1-2H3/b16-10+. The molecule has 4 rings (SSSR count). The van der Waals surface area contributed by atoms with E-state index in [0.717, 1.165) is 5.56 Å². The van der Waals surface area contributed by atoms with Gasteiger partial charge in [0.05, 0.1) is 41.0 Å². The SMILES string of the molecule is CCOC(=O)C1=C(C)N=c2s/c(=C/c3ccoc3)c(=O)n2C1c1ccc(F)cc1. The number of rotatable bonds is 4. The maximum Gasteiger partial charge on any atom is 0.338 e. The highest BCUT2D eigenvalue weighted by Crippen LogP contribution is 2.30. The van der Waals surface area contributed by atoms with E-state index in [9.17, 15) is 14.0 Å². The first-order valence-electron chi connectivity index (χ1n) is 8.97. The van der Waals surface area contributed by atoms with Crippen LogP contribution >= 0.6 is 11.3 Å². The summed E-state index contributed by atoms with van der Waals surface area (Å²) in [5, 5.41) is 0. The quantitative estimate of drug-likeness (QED) is 0.618. The molecular weight excluding hydrogens is 395 g/mol. The lowest BCUT2D eigenvalue weighted by Crippen LogP contribution is -2.39. The van der Waals surface area contributed by atoms with E-state index >= 15 is 0 Å². The summed E-state index contributed by atoms with van der Waals surface area (Å²) >= 11 is 1.22. The highest BCUT2D eigenvalue weighted by atomic mass is 32.1. The van der Waals surface area contributed by atoms with Crippen LogP contribution in [0.25, 0.3) is 6.08 Å². The number of benzene rings is 1. The number of carbonyl (C=O) groups is 1. The van der Waals surface area contributed by atoms with Crippen LogP contribution in [0.3, 0.4) is 0 Å². The minimum Gasteiger partial charge on any atom is -0.472 e. The van der Waals surface area contributed by atoms with Gasteiger partial charge in [-0.2, -0.15) is 0 Å². The largest absolute Gasteiger partial charge is 0.472 e. The van der Waals surface area contributed by atoms with Gasteiger partial charge in [0.1, 0.15) is 5.82 Å². The lowest BCUT2D eigenvalue weighted by atomic mass is 9.96. The molecule has 1 aromatic carbocycles. The molecule has 0 fully saturated rings. The van der Waals surface area contributed by atoms with Crippen LogP contribution in [0.15, 0.2) is 68.3 Å². The molecule has 2 aromatic heterocycles. The zero-order chi connectivity index (χ0) is 20.5. The highest BCUT2D eigenvalue weighted by Gasteiger charge is 2.33. The summed E-state index contributed by atoms with van der Waals surface area (Å²) in [6, 6.07) is 6.71. The van der Waals surface area contributed by atoms with Gasteiger partial charge in [-0.1, -0.05) is 23.5 Å². The first kappa shape index (κ1) is 19.1. The van der Waals surface area contributed by atoms with Gasteiger partial charge >= 0.3 is 5.97 Å². The molecule has 0 saturated heterocycles. The van der Waals surface area contributed by atoms with Crippen LogP contribution in [0.1, 0.15) is 31.0 Å². The number of allylic oxidation sites excluding steroid dienone is 1. The molecule has 0 amide bonds. The molecule has 0 bridgehead atoms. The summed E-state index contributed by atoms with van der Waals surface area (Å²) in [6.07, 6.45) is 4.76. The lowest BCUT2D eigenvalue weighted by Gasteiger charge is -2.24. The van der Waals surface area contributed by atoms with Crippen molar-refractivity contribution in [3.63, 3.8) is 0 Å². The van der Waals surface area contributed by atoms with E-state index in [2.05, 4.69) is 4.99 Å².